The molecule has 106 valence electrons. The Hall–Kier alpha value is -1.43. The van der Waals surface area contributed by atoms with E-state index in [0.717, 1.165) is 11.5 Å². The number of nitrogens with one attached hydrogen (secondary N) is 1. The van der Waals surface area contributed by atoms with Crippen LogP contribution in [0.15, 0.2) is 0 Å². The third-order valence-electron chi connectivity index (χ3n) is 3.34. The smallest absolute Gasteiger partial charge is 0.350 e. The fraction of sp³-hybridized carbons (Fsp3) is 0.615. The van der Waals surface area contributed by atoms with Gasteiger partial charge in [-0.05, 0) is 25.2 Å². The van der Waals surface area contributed by atoms with Gasteiger partial charge in [-0.2, -0.15) is 0 Å². The Morgan fingerprint density at radius 3 is 2.74 bits per heavy atom. The second-order valence-corrected chi connectivity index (χ2v) is 6.11. The van der Waals surface area contributed by atoms with E-state index in [9.17, 15) is 4.79 Å². The van der Waals surface area contributed by atoms with Gasteiger partial charge in [-0.3, -0.25) is 0 Å². The molecule has 1 fully saturated rings. The molecular formula is C13H20N2O3S. The van der Waals surface area contributed by atoms with E-state index in [1.165, 1.54) is 24.2 Å². The zero-order chi connectivity index (χ0) is 14.0. The molecule has 0 amide bonds. The standard InChI is InChI=1S/C13H20N2O3S/c1-4-18-12(16)10-8(14)9(17-3)11(19-10)15-7-13(2)5-6-13/h15H,4-7,14H2,1-3H3. The lowest BCUT2D eigenvalue weighted by Crippen LogP contribution is -2.11. The molecule has 1 aromatic rings. The van der Waals surface area contributed by atoms with Gasteiger partial charge in [-0.25, -0.2) is 4.79 Å². The molecule has 2 rings (SSSR count). The maximum atomic E-state index is 11.8. The van der Waals surface area contributed by atoms with Crippen molar-refractivity contribution in [3.05, 3.63) is 4.88 Å². The minimum atomic E-state index is -0.394. The van der Waals surface area contributed by atoms with Crippen LogP contribution in [0.1, 0.15) is 36.4 Å². The topological polar surface area (TPSA) is 73.6 Å². The summed E-state index contributed by atoms with van der Waals surface area (Å²) in [7, 11) is 1.55. The van der Waals surface area contributed by atoms with Gasteiger partial charge in [0, 0.05) is 6.54 Å². The number of ether oxygens (including phenoxy) is 2. The van der Waals surface area contributed by atoms with Crippen LogP contribution >= 0.6 is 11.3 Å². The van der Waals surface area contributed by atoms with Gasteiger partial charge in [0.2, 0.25) is 0 Å². The molecule has 6 heteroatoms. The van der Waals surface area contributed by atoms with Crippen LogP contribution in [-0.2, 0) is 4.74 Å². The molecule has 0 aliphatic heterocycles. The number of esters is 1. The lowest BCUT2D eigenvalue weighted by Gasteiger charge is -2.11. The van der Waals surface area contributed by atoms with E-state index in [4.69, 9.17) is 15.2 Å². The molecule has 0 spiro atoms. The number of methoxy groups -OCH3 is 1. The van der Waals surface area contributed by atoms with Crippen molar-refractivity contribution in [2.45, 2.75) is 26.7 Å². The van der Waals surface area contributed by atoms with E-state index >= 15 is 0 Å². The number of carbonyl (C=O) groups excluding carboxylic acids is 1. The molecule has 1 aliphatic carbocycles. The van der Waals surface area contributed by atoms with Crippen molar-refractivity contribution < 1.29 is 14.3 Å². The summed E-state index contributed by atoms with van der Waals surface area (Å²) in [6.07, 6.45) is 2.46. The summed E-state index contributed by atoms with van der Waals surface area (Å²) >= 11 is 1.29. The van der Waals surface area contributed by atoms with Crippen molar-refractivity contribution in [3.8, 4) is 5.75 Å². The first-order valence-electron chi connectivity index (χ1n) is 6.38. The minimum Gasteiger partial charge on any atom is -0.492 e. The van der Waals surface area contributed by atoms with Gasteiger partial charge >= 0.3 is 5.97 Å². The Balaban J connectivity index is 2.17. The molecule has 0 bridgehead atoms. The van der Waals surface area contributed by atoms with Crippen LogP contribution in [0.25, 0.3) is 0 Å². The van der Waals surface area contributed by atoms with Crippen molar-refractivity contribution in [1.29, 1.82) is 0 Å². The van der Waals surface area contributed by atoms with Crippen molar-refractivity contribution >= 4 is 28.0 Å². The highest BCUT2D eigenvalue weighted by atomic mass is 32.1. The molecule has 1 aromatic heterocycles. The van der Waals surface area contributed by atoms with E-state index in [0.29, 0.717) is 28.3 Å². The summed E-state index contributed by atoms with van der Waals surface area (Å²) in [6, 6.07) is 0. The van der Waals surface area contributed by atoms with Crippen LogP contribution in [0.2, 0.25) is 0 Å². The second-order valence-electron chi connectivity index (χ2n) is 5.09. The highest BCUT2D eigenvalue weighted by Gasteiger charge is 2.37. The first-order chi connectivity index (χ1) is 9.00. The van der Waals surface area contributed by atoms with Gasteiger partial charge in [-0.15, -0.1) is 11.3 Å². The summed E-state index contributed by atoms with van der Waals surface area (Å²) in [6.45, 7) is 5.20. The maximum Gasteiger partial charge on any atom is 0.350 e. The number of hydrogen-bond donors (Lipinski definition) is 2. The number of anilines is 2. The van der Waals surface area contributed by atoms with Gasteiger partial charge in [-0.1, -0.05) is 6.92 Å². The van der Waals surface area contributed by atoms with E-state index < -0.39 is 5.97 Å². The molecule has 0 unspecified atom stereocenters. The zero-order valence-electron chi connectivity index (χ0n) is 11.5. The van der Waals surface area contributed by atoms with Crippen LogP contribution in [0.5, 0.6) is 5.75 Å². The van der Waals surface area contributed by atoms with Crippen LogP contribution in [0, 0.1) is 5.41 Å². The Labute approximate surface area is 117 Å². The average Bonchev–Trinajstić information content (AvgIpc) is 3.01. The molecule has 19 heavy (non-hydrogen) atoms. The molecule has 1 heterocycles. The monoisotopic (exact) mass is 284 g/mol. The second kappa shape index (κ2) is 5.28. The van der Waals surface area contributed by atoms with Crippen molar-refractivity contribution in [2.75, 3.05) is 31.3 Å². The highest BCUT2D eigenvalue weighted by molar-refractivity contribution is 7.19. The van der Waals surface area contributed by atoms with Crippen molar-refractivity contribution in [2.24, 2.45) is 5.41 Å². The van der Waals surface area contributed by atoms with Crippen LogP contribution < -0.4 is 15.8 Å². The first-order valence-corrected chi connectivity index (χ1v) is 7.19. The number of nitrogens with two attached hydrogens (primary N) is 1. The van der Waals surface area contributed by atoms with E-state index in [1.807, 2.05) is 0 Å². The van der Waals surface area contributed by atoms with Crippen molar-refractivity contribution in [3.63, 3.8) is 0 Å². The molecule has 0 atom stereocenters. The number of thiophene rings is 1. The summed E-state index contributed by atoms with van der Waals surface area (Å²) < 4.78 is 10.3. The first kappa shape index (κ1) is 14.0. The molecule has 0 aromatic carbocycles. The summed E-state index contributed by atoms with van der Waals surface area (Å²) in [5.41, 5.74) is 6.67. The Bertz CT molecular complexity index is 480. The van der Waals surface area contributed by atoms with Gasteiger partial charge in [0.1, 0.15) is 15.6 Å². The van der Waals surface area contributed by atoms with Gasteiger partial charge in [0.25, 0.3) is 0 Å². The average molecular weight is 284 g/mol. The molecular weight excluding hydrogens is 264 g/mol. The minimum absolute atomic E-state index is 0.333. The Morgan fingerprint density at radius 2 is 2.21 bits per heavy atom. The zero-order valence-corrected chi connectivity index (χ0v) is 12.4. The van der Waals surface area contributed by atoms with Crippen LogP contribution in [0.3, 0.4) is 0 Å². The number of nitrogen functional groups attached to an aromatic ring is 1. The number of carbonyl (C=O) groups is 1. The lowest BCUT2D eigenvalue weighted by molar-refractivity contribution is 0.0533. The molecule has 1 saturated carbocycles. The Morgan fingerprint density at radius 1 is 1.53 bits per heavy atom. The molecule has 1 aliphatic rings. The molecule has 3 N–H and O–H groups in total. The maximum absolute atomic E-state index is 11.8. The lowest BCUT2D eigenvalue weighted by atomic mass is 10.1. The largest absolute Gasteiger partial charge is 0.492 e. The fourth-order valence-corrected chi connectivity index (χ4v) is 2.76. The third-order valence-corrected chi connectivity index (χ3v) is 4.47. The summed E-state index contributed by atoms with van der Waals surface area (Å²) in [5, 5.41) is 4.13. The fourth-order valence-electron chi connectivity index (χ4n) is 1.78. The quantitative estimate of drug-likeness (QED) is 0.786. The van der Waals surface area contributed by atoms with Crippen molar-refractivity contribution in [1.82, 2.24) is 0 Å². The van der Waals surface area contributed by atoms with Gasteiger partial charge in [0.05, 0.1) is 13.7 Å². The molecule has 0 saturated heterocycles. The van der Waals surface area contributed by atoms with E-state index in [2.05, 4.69) is 12.2 Å². The van der Waals surface area contributed by atoms with Crippen LogP contribution in [0.4, 0.5) is 10.7 Å². The summed E-state index contributed by atoms with van der Waals surface area (Å²) in [4.78, 5) is 12.2. The van der Waals surface area contributed by atoms with Gasteiger partial charge in [0.15, 0.2) is 5.75 Å². The SMILES string of the molecule is CCOC(=O)c1sc(NCC2(C)CC2)c(OC)c1N. The number of hydrogen-bond acceptors (Lipinski definition) is 6. The Kier molecular flexibility index (Phi) is 3.89. The van der Waals surface area contributed by atoms with E-state index in [1.54, 1.807) is 14.0 Å². The number of rotatable bonds is 6. The van der Waals surface area contributed by atoms with E-state index in [-0.39, 0.29) is 0 Å². The normalized spacial score (nSPS) is 15.9. The highest BCUT2D eigenvalue weighted by Crippen LogP contribution is 2.47. The molecule has 0 radical (unpaired) electrons. The predicted octanol–water partition coefficient (Wildman–Crippen LogP) is 2.73. The predicted molar refractivity (Wildman–Crippen MR) is 77.1 cm³/mol. The molecule has 5 nitrogen and oxygen atoms in total. The van der Waals surface area contributed by atoms with Gasteiger partial charge < -0.3 is 20.5 Å². The summed E-state index contributed by atoms with van der Waals surface area (Å²) in [5.74, 6) is 0.145. The third kappa shape index (κ3) is 2.94. The van der Waals surface area contributed by atoms with Crippen LogP contribution in [-0.4, -0.2) is 26.2 Å².